The Kier molecular flexibility index (Phi) is 6.56. The summed E-state index contributed by atoms with van der Waals surface area (Å²) in [7, 11) is 0. The summed E-state index contributed by atoms with van der Waals surface area (Å²) in [5.74, 6) is -0.304. The third kappa shape index (κ3) is 6.08. The SMILES string of the molecule is O=C(CCNC(=O)c1ccncc1)NCCc1cccc(Cl)c1. The van der Waals surface area contributed by atoms with E-state index < -0.39 is 0 Å². The molecular weight excluding hydrogens is 314 g/mol. The first-order valence-electron chi connectivity index (χ1n) is 7.34. The molecule has 120 valence electrons. The fourth-order valence-electron chi connectivity index (χ4n) is 2.02. The average Bonchev–Trinajstić information content (AvgIpc) is 2.55. The van der Waals surface area contributed by atoms with E-state index in [0.717, 1.165) is 12.0 Å². The molecule has 0 atom stereocenters. The van der Waals surface area contributed by atoms with Crippen LogP contribution in [0.4, 0.5) is 0 Å². The second kappa shape index (κ2) is 8.90. The standard InChI is InChI=1S/C17H18ClN3O2/c18-15-3-1-2-13(12-15)4-10-20-16(22)7-11-21-17(23)14-5-8-19-9-6-14/h1-3,5-6,8-9,12H,4,7,10-11H2,(H,20,22)(H,21,23). The topological polar surface area (TPSA) is 71.1 Å². The van der Waals surface area contributed by atoms with Crippen LogP contribution in [0.5, 0.6) is 0 Å². The van der Waals surface area contributed by atoms with Gasteiger partial charge in [-0.2, -0.15) is 0 Å². The summed E-state index contributed by atoms with van der Waals surface area (Å²) >= 11 is 5.90. The van der Waals surface area contributed by atoms with Gasteiger partial charge in [-0.3, -0.25) is 14.6 Å². The number of pyridine rings is 1. The molecule has 2 rings (SSSR count). The zero-order chi connectivity index (χ0) is 16.5. The van der Waals surface area contributed by atoms with Gasteiger partial charge in [-0.15, -0.1) is 0 Å². The minimum Gasteiger partial charge on any atom is -0.356 e. The number of aromatic nitrogens is 1. The van der Waals surface area contributed by atoms with Gasteiger partial charge in [0.05, 0.1) is 0 Å². The highest BCUT2D eigenvalue weighted by molar-refractivity contribution is 6.30. The van der Waals surface area contributed by atoms with E-state index in [-0.39, 0.29) is 18.2 Å². The number of amides is 2. The monoisotopic (exact) mass is 331 g/mol. The number of carbonyl (C=O) groups excluding carboxylic acids is 2. The van der Waals surface area contributed by atoms with Gasteiger partial charge < -0.3 is 10.6 Å². The number of rotatable bonds is 7. The lowest BCUT2D eigenvalue weighted by Crippen LogP contribution is -2.31. The number of hydrogen-bond donors (Lipinski definition) is 2. The minimum absolute atomic E-state index is 0.0953. The number of halogens is 1. The molecule has 0 unspecified atom stereocenters. The molecule has 0 bridgehead atoms. The van der Waals surface area contributed by atoms with E-state index in [2.05, 4.69) is 15.6 Å². The quantitative estimate of drug-likeness (QED) is 0.817. The molecule has 0 radical (unpaired) electrons. The van der Waals surface area contributed by atoms with Gasteiger partial charge in [0.1, 0.15) is 0 Å². The van der Waals surface area contributed by atoms with Crippen molar-refractivity contribution < 1.29 is 9.59 Å². The first kappa shape index (κ1) is 17.0. The van der Waals surface area contributed by atoms with Crippen LogP contribution in [0.2, 0.25) is 5.02 Å². The second-order valence-electron chi connectivity index (χ2n) is 4.97. The lowest BCUT2D eigenvalue weighted by Gasteiger charge is -2.07. The third-order valence-corrected chi connectivity index (χ3v) is 3.44. The van der Waals surface area contributed by atoms with E-state index in [1.165, 1.54) is 0 Å². The normalized spacial score (nSPS) is 10.1. The molecule has 0 spiro atoms. The van der Waals surface area contributed by atoms with Crippen LogP contribution in [-0.2, 0) is 11.2 Å². The highest BCUT2D eigenvalue weighted by Crippen LogP contribution is 2.10. The summed E-state index contributed by atoms with van der Waals surface area (Å²) in [5.41, 5.74) is 1.60. The fraction of sp³-hybridized carbons (Fsp3) is 0.235. The Labute approximate surface area is 140 Å². The van der Waals surface area contributed by atoms with Crippen molar-refractivity contribution in [2.75, 3.05) is 13.1 Å². The van der Waals surface area contributed by atoms with Crippen LogP contribution in [0.3, 0.4) is 0 Å². The molecule has 6 heteroatoms. The smallest absolute Gasteiger partial charge is 0.251 e. The van der Waals surface area contributed by atoms with Crippen molar-refractivity contribution in [1.29, 1.82) is 0 Å². The molecule has 5 nitrogen and oxygen atoms in total. The number of nitrogens with zero attached hydrogens (tertiary/aromatic N) is 1. The van der Waals surface area contributed by atoms with Gasteiger partial charge in [0.15, 0.2) is 0 Å². The van der Waals surface area contributed by atoms with Crippen molar-refractivity contribution in [3.8, 4) is 0 Å². The predicted molar refractivity (Wildman–Crippen MR) is 89.4 cm³/mol. The third-order valence-electron chi connectivity index (χ3n) is 3.21. The van der Waals surface area contributed by atoms with Crippen molar-refractivity contribution in [3.05, 3.63) is 64.9 Å². The van der Waals surface area contributed by atoms with Gasteiger partial charge in [-0.25, -0.2) is 0 Å². The molecule has 2 N–H and O–H groups in total. The molecule has 1 aromatic carbocycles. The van der Waals surface area contributed by atoms with Crippen LogP contribution in [0.25, 0.3) is 0 Å². The Balaban J connectivity index is 1.63. The number of carbonyl (C=O) groups is 2. The first-order chi connectivity index (χ1) is 11.1. The molecular formula is C17H18ClN3O2. The Hall–Kier alpha value is -2.40. The molecule has 2 aromatic rings. The largest absolute Gasteiger partial charge is 0.356 e. The van der Waals surface area contributed by atoms with E-state index in [0.29, 0.717) is 23.7 Å². The van der Waals surface area contributed by atoms with E-state index in [1.807, 2.05) is 24.3 Å². The van der Waals surface area contributed by atoms with Crippen LogP contribution < -0.4 is 10.6 Å². The second-order valence-corrected chi connectivity index (χ2v) is 5.41. The highest BCUT2D eigenvalue weighted by atomic mass is 35.5. The van der Waals surface area contributed by atoms with Crippen LogP contribution in [-0.4, -0.2) is 29.9 Å². The summed E-state index contributed by atoms with van der Waals surface area (Å²) in [4.78, 5) is 27.3. The Morgan fingerprint density at radius 1 is 1.04 bits per heavy atom. The van der Waals surface area contributed by atoms with Crippen molar-refractivity contribution in [2.24, 2.45) is 0 Å². The minimum atomic E-state index is -0.209. The molecule has 0 saturated carbocycles. The zero-order valence-corrected chi connectivity index (χ0v) is 13.3. The molecule has 0 aliphatic carbocycles. The summed E-state index contributed by atoms with van der Waals surface area (Å²) in [6, 6.07) is 10.8. The van der Waals surface area contributed by atoms with Gasteiger partial charge in [-0.1, -0.05) is 23.7 Å². The van der Waals surface area contributed by atoms with Crippen molar-refractivity contribution in [1.82, 2.24) is 15.6 Å². The van der Waals surface area contributed by atoms with Crippen LogP contribution >= 0.6 is 11.6 Å². The van der Waals surface area contributed by atoms with Crippen molar-refractivity contribution in [3.63, 3.8) is 0 Å². The molecule has 2 amide bonds. The highest BCUT2D eigenvalue weighted by Gasteiger charge is 2.06. The summed E-state index contributed by atoms with van der Waals surface area (Å²) in [6.07, 6.45) is 4.07. The van der Waals surface area contributed by atoms with Gasteiger partial charge in [0.2, 0.25) is 5.91 Å². The van der Waals surface area contributed by atoms with Gasteiger partial charge in [-0.05, 0) is 36.2 Å². The van der Waals surface area contributed by atoms with Crippen LogP contribution in [0, 0.1) is 0 Å². The maximum absolute atomic E-state index is 11.8. The van der Waals surface area contributed by atoms with Crippen molar-refractivity contribution >= 4 is 23.4 Å². The van der Waals surface area contributed by atoms with Gasteiger partial charge >= 0.3 is 0 Å². The predicted octanol–water partition coefficient (Wildman–Crippen LogP) is 2.21. The molecule has 23 heavy (non-hydrogen) atoms. The summed E-state index contributed by atoms with van der Waals surface area (Å²) in [5, 5.41) is 6.21. The molecule has 0 saturated heterocycles. The number of hydrogen-bond acceptors (Lipinski definition) is 3. The van der Waals surface area contributed by atoms with Gasteiger partial charge in [0, 0.05) is 42.5 Å². The maximum Gasteiger partial charge on any atom is 0.251 e. The number of nitrogens with one attached hydrogen (secondary N) is 2. The Morgan fingerprint density at radius 3 is 2.57 bits per heavy atom. The Morgan fingerprint density at radius 2 is 1.83 bits per heavy atom. The molecule has 1 heterocycles. The lowest BCUT2D eigenvalue weighted by atomic mass is 10.1. The molecule has 1 aromatic heterocycles. The van der Waals surface area contributed by atoms with E-state index >= 15 is 0 Å². The maximum atomic E-state index is 11.8. The molecule has 0 aliphatic rings. The lowest BCUT2D eigenvalue weighted by molar-refractivity contribution is -0.120. The molecule has 0 fully saturated rings. The average molecular weight is 332 g/mol. The summed E-state index contributed by atoms with van der Waals surface area (Å²) in [6.45, 7) is 0.835. The van der Waals surface area contributed by atoms with Crippen LogP contribution in [0.15, 0.2) is 48.8 Å². The van der Waals surface area contributed by atoms with E-state index in [4.69, 9.17) is 11.6 Å². The van der Waals surface area contributed by atoms with Gasteiger partial charge in [0.25, 0.3) is 5.91 Å². The molecule has 0 aliphatic heterocycles. The first-order valence-corrected chi connectivity index (χ1v) is 7.72. The fourth-order valence-corrected chi connectivity index (χ4v) is 2.23. The summed E-state index contributed by atoms with van der Waals surface area (Å²) < 4.78 is 0. The van der Waals surface area contributed by atoms with Crippen LogP contribution in [0.1, 0.15) is 22.3 Å². The van der Waals surface area contributed by atoms with E-state index in [9.17, 15) is 9.59 Å². The van der Waals surface area contributed by atoms with Crippen molar-refractivity contribution in [2.45, 2.75) is 12.8 Å². The zero-order valence-electron chi connectivity index (χ0n) is 12.6. The Bertz CT molecular complexity index is 662. The number of benzene rings is 1. The van der Waals surface area contributed by atoms with E-state index in [1.54, 1.807) is 24.5 Å².